The number of aromatic nitrogens is 1. The van der Waals surface area contributed by atoms with Crippen LogP contribution in [0.5, 0.6) is 0 Å². The molecule has 5 nitrogen and oxygen atoms in total. The standard InChI is InChI=1S/C35H31F3N2O3S2/c36-35(37,38)29-14-10-25(11-15-29)32-22-44-34(39-32)27-12-18-31(19-13-27)45(42,43)40-30-16-7-23(8-17-30)20-24-6-9-28(21-24)33(41)26-4-2-1-3-5-26/h1-5,7-8,10-19,22,24,28,33,40-41H,6,9,20-21H2/t24-,28+,33-/m1/s1. The Labute approximate surface area is 264 Å². The molecular weight excluding hydrogens is 618 g/mol. The van der Waals surface area contributed by atoms with Crippen molar-refractivity contribution in [2.45, 2.75) is 42.9 Å². The van der Waals surface area contributed by atoms with Crippen LogP contribution in [0.4, 0.5) is 18.9 Å². The molecule has 1 aliphatic carbocycles. The largest absolute Gasteiger partial charge is 0.416 e. The van der Waals surface area contributed by atoms with Crippen molar-refractivity contribution in [2.24, 2.45) is 11.8 Å². The average molecular weight is 649 g/mol. The summed E-state index contributed by atoms with van der Waals surface area (Å²) in [7, 11) is -3.83. The molecule has 45 heavy (non-hydrogen) atoms. The molecule has 0 bridgehead atoms. The van der Waals surface area contributed by atoms with Crippen molar-refractivity contribution in [3.05, 3.63) is 125 Å². The molecule has 5 aromatic rings. The molecule has 232 valence electrons. The molecule has 0 spiro atoms. The van der Waals surface area contributed by atoms with Crippen LogP contribution in [0.1, 0.15) is 42.1 Å². The van der Waals surface area contributed by atoms with Crippen LogP contribution in [0.2, 0.25) is 0 Å². The van der Waals surface area contributed by atoms with Crippen LogP contribution in [0.3, 0.4) is 0 Å². The summed E-state index contributed by atoms with van der Waals surface area (Å²) in [4.78, 5) is 4.63. The predicted molar refractivity (Wildman–Crippen MR) is 171 cm³/mol. The van der Waals surface area contributed by atoms with Gasteiger partial charge in [0.1, 0.15) is 5.01 Å². The van der Waals surface area contributed by atoms with E-state index in [0.29, 0.717) is 33.4 Å². The summed E-state index contributed by atoms with van der Waals surface area (Å²) in [6.07, 6.45) is -0.979. The normalized spacial score (nSPS) is 17.7. The fourth-order valence-corrected chi connectivity index (χ4v) is 7.80. The number of nitrogens with zero attached hydrogens (tertiary/aromatic N) is 1. The first-order chi connectivity index (χ1) is 21.5. The van der Waals surface area contributed by atoms with Gasteiger partial charge < -0.3 is 5.11 Å². The average Bonchev–Trinajstić information content (AvgIpc) is 3.72. The Kier molecular flexibility index (Phi) is 8.81. The monoisotopic (exact) mass is 648 g/mol. The van der Waals surface area contributed by atoms with E-state index in [4.69, 9.17) is 0 Å². The molecule has 1 saturated carbocycles. The molecule has 0 aliphatic heterocycles. The van der Waals surface area contributed by atoms with E-state index in [0.717, 1.165) is 48.9 Å². The summed E-state index contributed by atoms with van der Waals surface area (Å²) in [6.45, 7) is 0. The van der Waals surface area contributed by atoms with Gasteiger partial charge in [-0.15, -0.1) is 11.3 Å². The molecule has 3 atom stereocenters. The highest BCUT2D eigenvalue weighted by Gasteiger charge is 2.31. The Morgan fingerprint density at radius 3 is 2.20 bits per heavy atom. The second kappa shape index (κ2) is 12.8. The maximum Gasteiger partial charge on any atom is 0.416 e. The Hall–Kier alpha value is -3.99. The summed E-state index contributed by atoms with van der Waals surface area (Å²) in [5.41, 5.74) is 3.64. The Morgan fingerprint density at radius 1 is 0.867 bits per heavy atom. The quantitative estimate of drug-likeness (QED) is 0.167. The fraction of sp³-hybridized carbons (Fsp3) is 0.229. The molecule has 2 N–H and O–H groups in total. The van der Waals surface area contributed by atoms with Gasteiger partial charge in [0.2, 0.25) is 0 Å². The van der Waals surface area contributed by atoms with Crippen LogP contribution in [-0.4, -0.2) is 18.5 Å². The molecule has 6 rings (SSSR count). The molecule has 0 saturated heterocycles. The van der Waals surface area contributed by atoms with Crippen LogP contribution in [0, 0.1) is 11.8 Å². The summed E-state index contributed by atoms with van der Waals surface area (Å²) < 4.78 is 67.4. The first-order valence-electron chi connectivity index (χ1n) is 14.6. The molecular formula is C35H31F3N2O3S2. The highest BCUT2D eigenvalue weighted by Crippen LogP contribution is 2.40. The molecule has 1 aromatic heterocycles. The highest BCUT2D eigenvalue weighted by atomic mass is 32.2. The number of alkyl halides is 3. The van der Waals surface area contributed by atoms with Crippen molar-refractivity contribution in [3.63, 3.8) is 0 Å². The lowest BCUT2D eigenvalue weighted by atomic mass is 9.91. The number of thiazole rings is 1. The maximum atomic E-state index is 13.1. The van der Waals surface area contributed by atoms with Gasteiger partial charge in [-0.3, -0.25) is 4.72 Å². The van der Waals surface area contributed by atoms with E-state index >= 15 is 0 Å². The Bertz CT molecular complexity index is 1840. The van der Waals surface area contributed by atoms with Crippen LogP contribution in [-0.2, 0) is 22.6 Å². The van der Waals surface area contributed by atoms with Gasteiger partial charge in [0.15, 0.2) is 0 Å². The van der Waals surface area contributed by atoms with Crippen molar-refractivity contribution < 1.29 is 26.7 Å². The SMILES string of the molecule is O=S(=O)(Nc1ccc(C[C@H]2CC[C@H]([C@H](O)c3ccccc3)C2)cc1)c1ccc(-c2nc(-c3ccc(C(F)(F)F)cc3)cs2)cc1. The van der Waals surface area contributed by atoms with Crippen molar-refractivity contribution in [3.8, 4) is 21.8 Å². The van der Waals surface area contributed by atoms with Gasteiger partial charge in [0.05, 0.1) is 22.3 Å². The topological polar surface area (TPSA) is 79.3 Å². The Balaban J connectivity index is 1.05. The first kappa shape index (κ1) is 31.0. The number of anilines is 1. The van der Waals surface area contributed by atoms with Gasteiger partial charge in [-0.05, 0) is 85.0 Å². The number of hydrogen-bond donors (Lipinski definition) is 2. The molecule has 4 aromatic carbocycles. The third-order valence-electron chi connectivity index (χ3n) is 8.32. The van der Waals surface area contributed by atoms with Crippen LogP contribution in [0.15, 0.2) is 113 Å². The minimum absolute atomic E-state index is 0.101. The van der Waals surface area contributed by atoms with E-state index in [1.54, 1.807) is 29.6 Å². The number of sulfonamides is 1. The van der Waals surface area contributed by atoms with Gasteiger partial charge in [0.25, 0.3) is 10.0 Å². The molecule has 0 amide bonds. The number of aliphatic hydroxyl groups excluding tert-OH is 1. The molecule has 1 fully saturated rings. The molecule has 1 heterocycles. The van der Waals surface area contributed by atoms with E-state index in [9.17, 15) is 26.7 Å². The number of aliphatic hydroxyl groups is 1. The van der Waals surface area contributed by atoms with Gasteiger partial charge >= 0.3 is 6.18 Å². The third-order valence-corrected chi connectivity index (χ3v) is 10.6. The molecule has 0 unspecified atom stereocenters. The summed E-state index contributed by atoms with van der Waals surface area (Å²) in [5, 5.41) is 13.2. The predicted octanol–water partition coefficient (Wildman–Crippen LogP) is 8.99. The van der Waals surface area contributed by atoms with E-state index < -0.39 is 27.9 Å². The summed E-state index contributed by atoms with van der Waals surface area (Å²) in [5.74, 6) is 0.713. The van der Waals surface area contributed by atoms with Gasteiger partial charge in [0, 0.05) is 22.2 Å². The van der Waals surface area contributed by atoms with Crippen molar-refractivity contribution in [1.29, 1.82) is 0 Å². The number of nitrogens with one attached hydrogen (secondary N) is 1. The number of halogens is 3. The van der Waals surface area contributed by atoms with Gasteiger partial charge in [-0.1, -0.05) is 66.7 Å². The lowest BCUT2D eigenvalue weighted by Crippen LogP contribution is -2.13. The second-order valence-electron chi connectivity index (χ2n) is 11.4. The Morgan fingerprint density at radius 2 is 1.53 bits per heavy atom. The lowest BCUT2D eigenvalue weighted by Gasteiger charge is -2.19. The first-order valence-corrected chi connectivity index (χ1v) is 17.0. The zero-order valence-electron chi connectivity index (χ0n) is 24.1. The van der Waals surface area contributed by atoms with Crippen LogP contribution in [0.25, 0.3) is 21.8 Å². The van der Waals surface area contributed by atoms with Crippen molar-refractivity contribution >= 4 is 27.0 Å². The van der Waals surface area contributed by atoms with Crippen molar-refractivity contribution in [1.82, 2.24) is 4.98 Å². The third kappa shape index (κ3) is 7.30. The lowest BCUT2D eigenvalue weighted by molar-refractivity contribution is -0.137. The number of hydrogen-bond acceptors (Lipinski definition) is 5. The molecule has 0 radical (unpaired) electrons. The zero-order chi connectivity index (χ0) is 31.6. The maximum absolute atomic E-state index is 13.1. The molecule has 10 heteroatoms. The van der Waals surface area contributed by atoms with E-state index in [-0.39, 0.29) is 10.8 Å². The van der Waals surface area contributed by atoms with E-state index in [1.807, 2.05) is 42.5 Å². The highest BCUT2D eigenvalue weighted by molar-refractivity contribution is 7.92. The van der Waals surface area contributed by atoms with Gasteiger partial charge in [-0.2, -0.15) is 13.2 Å². The van der Waals surface area contributed by atoms with Crippen LogP contribution < -0.4 is 4.72 Å². The second-order valence-corrected chi connectivity index (χ2v) is 14.0. The minimum Gasteiger partial charge on any atom is -0.388 e. The smallest absolute Gasteiger partial charge is 0.388 e. The summed E-state index contributed by atoms with van der Waals surface area (Å²) >= 11 is 1.33. The number of rotatable bonds is 9. The van der Waals surface area contributed by atoms with Gasteiger partial charge in [-0.25, -0.2) is 13.4 Å². The minimum atomic E-state index is -4.40. The van der Waals surface area contributed by atoms with Crippen molar-refractivity contribution in [2.75, 3.05) is 4.72 Å². The molecule has 1 aliphatic rings. The zero-order valence-corrected chi connectivity index (χ0v) is 25.7. The fourth-order valence-electron chi connectivity index (χ4n) is 5.91. The van der Waals surface area contributed by atoms with E-state index in [1.165, 1.54) is 35.6 Å². The van der Waals surface area contributed by atoms with Crippen LogP contribution >= 0.6 is 11.3 Å². The van der Waals surface area contributed by atoms with E-state index in [2.05, 4.69) is 9.71 Å². The summed E-state index contributed by atoms with van der Waals surface area (Å²) in [6, 6.07) is 28.4. The number of benzene rings is 4.